The van der Waals surface area contributed by atoms with E-state index in [0.29, 0.717) is 24.8 Å². The van der Waals surface area contributed by atoms with E-state index in [1.165, 1.54) is 17.0 Å². The predicted octanol–water partition coefficient (Wildman–Crippen LogP) is 1.35. The molecule has 0 bridgehead atoms. The number of nitrogens with zero attached hydrogens (tertiary/aromatic N) is 1. The van der Waals surface area contributed by atoms with Gasteiger partial charge in [-0.05, 0) is 31.1 Å². The summed E-state index contributed by atoms with van der Waals surface area (Å²) in [6, 6.07) is -0.317. The Morgan fingerprint density at radius 2 is 1.85 bits per heavy atom. The van der Waals surface area contributed by atoms with Crippen molar-refractivity contribution in [2.45, 2.75) is 58.0 Å². The second-order valence-corrected chi connectivity index (χ2v) is 8.35. The number of carbonyl (C=O) groups is 1. The number of hydrogen-bond donors (Lipinski definition) is 1. The summed E-state index contributed by atoms with van der Waals surface area (Å²) in [6.07, 6.45) is 5.94. The average molecular weight is 302 g/mol. The molecule has 1 aliphatic heterocycles. The fraction of sp³-hybridized carbons (Fsp3) is 0.929. The van der Waals surface area contributed by atoms with Crippen molar-refractivity contribution in [3.05, 3.63) is 0 Å². The molecule has 4 unspecified atom stereocenters. The molecule has 1 N–H and O–H groups in total. The van der Waals surface area contributed by atoms with E-state index in [2.05, 4.69) is 19.2 Å². The van der Waals surface area contributed by atoms with Gasteiger partial charge in [-0.3, -0.25) is 4.79 Å². The van der Waals surface area contributed by atoms with Crippen LogP contribution in [0.15, 0.2) is 0 Å². The summed E-state index contributed by atoms with van der Waals surface area (Å²) in [5.41, 5.74) is 0. The summed E-state index contributed by atoms with van der Waals surface area (Å²) >= 11 is 0. The fourth-order valence-electron chi connectivity index (χ4n) is 3.46. The topological polar surface area (TPSA) is 66.5 Å². The third kappa shape index (κ3) is 3.34. The van der Waals surface area contributed by atoms with Crippen molar-refractivity contribution in [2.75, 3.05) is 12.8 Å². The van der Waals surface area contributed by atoms with Gasteiger partial charge in [-0.2, -0.15) is 4.31 Å². The lowest BCUT2D eigenvalue weighted by atomic mass is 9.78. The van der Waals surface area contributed by atoms with E-state index in [-0.39, 0.29) is 11.9 Å². The molecule has 1 aliphatic carbocycles. The van der Waals surface area contributed by atoms with E-state index >= 15 is 0 Å². The van der Waals surface area contributed by atoms with E-state index in [1.807, 2.05) is 0 Å². The van der Waals surface area contributed by atoms with Gasteiger partial charge in [0.1, 0.15) is 6.04 Å². The zero-order valence-electron chi connectivity index (χ0n) is 12.6. The van der Waals surface area contributed by atoms with Crippen LogP contribution in [0.2, 0.25) is 0 Å². The van der Waals surface area contributed by atoms with Gasteiger partial charge in [0, 0.05) is 12.6 Å². The summed E-state index contributed by atoms with van der Waals surface area (Å²) in [6.45, 7) is 4.87. The first-order valence-electron chi connectivity index (χ1n) is 7.58. The predicted molar refractivity (Wildman–Crippen MR) is 78.7 cm³/mol. The Balaban J connectivity index is 2.01. The number of sulfonamides is 1. The average Bonchev–Trinajstić information content (AvgIpc) is 2.84. The molecule has 0 aromatic carbocycles. The van der Waals surface area contributed by atoms with E-state index in [9.17, 15) is 13.2 Å². The molecule has 2 aliphatic rings. The van der Waals surface area contributed by atoms with Crippen molar-refractivity contribution in [1.29, 1.82) is 0 Å². The Hall–Kier alpha value is -0.620. The lowest BCUT2D eigenvalue weighted by Crippen LogP contribution is -2.51. The number of hydrogen-bond acceptors (Lipinski definition) is 3. The van der Waals surface area contributed by atoms with Gasteiger partial charge in [0.05, 0.1) is 6.26 Å². The quantitative estimate of drug-likeness (QED) is 0.856. The highest BCUT2D eigenvalue weighted by Gasteiger charge is 2.38. The van der Waals surface area contributed by atoms with Gasteiger partial charge < -0.3 is 5.32 Å². The largest absolute Gasteiger partial charge is 0.352 e. The van der Waals surface area contributed by atoms with Crippen LogP contribution in [-0.4, -0.2) is 43.5 Å². The van der Waals surface area contributed by atoms with Crippen LogP contribution in [0, 0.1) is 11.8 Å². The summed E-state index contributed by atoms with van der Waals surface area (Å²) in [4.78, 5) is 12.4. The molecule has 2 rings (SSSR count). The molecule has 4 atom stereocenters. The molecule has 1 saturated heterocycles. The van der Waals surface area contributed by atoms with E-state index < -0.39 is 16.1 Å². The third-order valence-corrected chi connectivity index (χ3v) is 6.26. The Bertz CT molecular complexity index is 463. The van der Waals surface area contributed by atoms with Crippen LogP contribution in [0.1, 0.15) is 46.0 Å². The van der Waals surface area contributed by atoms with Crippen molar-refractivity contribution < 1.29 is 13.2 Å². The monoisotopic (exact) mass is 302 g/mol. The van der Waals surface area contributed by atoms with Crippen molar-refractivity contribution >= 4 is 15.9 Å². The highest BCUT2D eigenvalue weighted by Crippen LogP contribution is 2.30. The van der Waals surface area contributed by atoms with Crippen LogP contribution in [0.3, 0.4) is 0 Å². The van der Waals surface area contributed by atoms with Gasteiger partial charge in [-0.25, -0.2) is 8.42 Å². The Morgan fingerprint density at radius 1 is 1.15 bits per heavy atom. The molecule has 2 fully saturated rings. The molecule has 5 nitrogen and oxygen atoms in total. The van der Waals surface area contributed by atoms with Crippen molar-refractivity contribution in [2.24, 2.45) is 11.8 Å². The zero-order chi connectivity index (χ0) is 14.9. The lowest BCUT2D eigenvalue weighted by molar-refractivity contribution is -0.125. The smallest absolute Gasteiger partial charge is 0.238 e. The zero-order valence-corrected chi connectivity index (χ0v) is 13.4. The van der Waals surface area contributed by atoms with Crippen LogP contribution in [0.5, 0.6) is 0 Å². The van der Waals surface area contributed by atoms with Crippen LogP contribution in [0.4, 0.5) is 0 Å². The van der Waals surface area contributed by atoms with Gasteiger partial charge >= 0.3 is 0 Å². The van der Waals surface area contributed by atoms with Crippen LogP contribution >= 0.6 is 0 Å². The normalized spacial score (nSPS) is 36.0. The minimum absolute atomic E-state index is 0.112. The molecule has 0 aromatic rings. The van der Waals surface area contributed by atoms with Crippen LogP contribution in [0.25, 0.3) is 0 Å². The summed E-state index contributed by atoms with van der Waals surface area (Å²) in [5.74, 6) is 0.961. The maximum Gasteiger partial charge on any atom is 0.238 e. The standard InChI is InChI=1S/C14H26N2O3S/c1-10-6-4-7-12(11(10)2)15-14(17)13-8-5-9-16(13)20(3,18)19/h10-13H,4-9H2,1-3H3,(H,15,17). The molecule has 0 spiro atoms. The Kier molecular flexibility index (Phi) is 4.74. The van der Waals surface area contributed by atoms with Gasteiger partial charge in [0.15, 0.2) is 0 Å². The van der Waals surface area contributed by atoms with E-state index in [4.69, 9.17) is 0 Å². The minimum atomic E-state index is -3.29. The maximum absolute atomic E-state index is 12.4. The molecule has 0 aromatic heterocycles. The molecule has 1 heterocycles. The van der Waals surface area contributed by atoms with Crippen LogP contribution < -0.4 is 5.32 Å². The Morgan fingerprint density at radius 3 is 2.50 bits per heavy atom. The van der Waals surface area contributed by atoms with Crippen LogP contribution in [-0.2, 0) is 14.8 Å². The molecular formula is C14H26N2O3S. The van der Waals surface area contributed by atoms with Gasteiger partial charge in [0.25, 0.3) is 0 Å². The molecule has 20 heavy (non-hydrogen) atoms. The SMILES string of the molecule is CC1CCCC(NC(=O)C2CCCN2S(C)(=O)=O)C1C. The minimum Gasteiger partial charge on any atom is -0.352 e. The van der Waals surface area contributed by atoms with Gasteiger partial charge in [0.2, 0.25) is 15.9 Å². The van der Waals surface area contributed by atoms with Crippen molar-refractivity contribution in [3.8, 4) is 0 Å². The van der Waals surface area contributed by atoms with Crippen molar-refractivity contribution in [1.82, 2.24) is 9.62 Å². The maximum atomic E-state index is 12.4. The first kappa shape index (κ1) is 15.8. The number of amides is 1. The number of nitrogens with one attached hydrogen (secondary N) is 1. The molecule has 0 radical (unpaired) electrons. The second kappa shape index (κ2) is 6.02. The summed E-state index contributed by atoms with van der Waals surface area (Å²) < 4.78 is 24.8. The molecule has 1 amide bonds. The summed E-state index contributed by atoms with van der Waals surface area (Å²) in [7, 11) is -3.29. The van der Waals surface area contributed by atoms with E-state index in [1.54, 1.807) is 0 Å². The second-order valence-electron chi connectivity index (χ2n) is 6.41. The number of rotatable bonds is 3. The van der Waals surface area contributed by atoms with Gasteiger partial charge in [-0.15, -0.1) is 0 Å². The van der Waals surface area contributed by atoms with Crippen molar-refractivity contribution in [3.63, 3.8) is 0 Å². The Labute approximate surface area is 122 Å². The summed E-state index contributed by atoms with van der Waals surface area (Å²) in [5, 5.41) is 3.10. The molecule has 1 saturated carbocycles. The first-order chi connectivity index (χ1) is 9.30. The fourth-order valence-corrected chi connectivity index (χ4v) is 4.59. The molecular weight excluding hydrogens is 276 g/mol. The van der Waals surface area contributed by atoms with Gasteiger partial charge in [-0.1, -0.05) is 26.7 Å². The van der Waals surface area contributed by atoms with E-state index in [0.717, 1.165) is 19.3 Å². The highest BCUT2D eigenvalue weighted by atomic mass is 32.2. The molecule has 116 valence electrons. The first-order valence-corrected chi connectivity index (χ1v) is 9.42. The highest BCUT2D eigenvalue weighted by molar-refractivity contribution is 7.88. The number of carbonyl (C=O) groups excluding carboxylic acids is 1. The molecule has 6 heteroatoms. The lowest BCUT2D eigenvalue weighted by Gasteiger charge is -2.35. The third-order valence-electron chi connectivity index (χ3n) is 4.97.